The van der Waals surface area contributed by atoms with E-state index >= 15 is 0 Å². The van der Waals surface area contributed by atoms with Gasteiger partial charge in [0.25, 0.3) is 5.56 Å². The summed E-state index contributed by atoms with van der Waals surface area (Å²) in [7, 11) is 0. The van der Waals surface area contributed by atoms with Crippen molar-refractivity contribution in [2.75, 3.05) is 6.61 Å². The Kier molecular flexibility index (Phi) is 7.67. The molecular formula is C26H32N4O5. The maximum absolute atomic E-state index is 13.4. The Morgan fingerprint density at radius 3 is 2.46 bits per heavy atom. The highest BCUT2D eigenvalue weighted by Gasteiger charge is 2.22. The lowest BCUT2D eigenvalue weighted by molar-refractivity contribution is 0.0902. The molecule has 2 aromatic carbocycles. The van der Waals surface area contributed by atoms with E-state index in [-0.39, 0.29) is 30.9 Å². The monoisotopic (exact) mass is 480 g/mol. The Labute approximate surface area is 202 Å². The van der Waals surface area contributed by atoms with Crippen molar-refractivity contribution in [2.45, 2.75) is 65.5 Å². The van der Waals surface area contributed by atoms with Gasteiger partial charge in [0.15, 0.2) is 11.2 Å². The van der Waals surface area contributed by atoms with Gasteiger partial charge < -0.3 is 19.5 Å². The van der Waals surface area contributed by atoms with Crippen molar-refractivity contribution < 1.29 is 14.9 Å². The van der Waals surface area contributed by atoms with E-state index in [2.05, 4.69) is 4.98 Å². The minimum Gasteiger partial charge on any atom is -0.491 e. The van der Waals surface area contributed by atoms with E-state index in [9.17, 15) is 19.8 Å². The number of unbranched alkanes of at least 4 members (excludes halogenated alkanes) is 1. The Balaban J connectivity index is 1.65. The van der Waals surface area contributed by atoms with Crippen LogP contribution in [0.1, 0.15) is 38.9 Å². The first-order chi connectivity index (χ1) is 17.0. The van der Waals surface area contributed by atoms with E-state index in [0.29, 0.717) is 24.7 Å². The van der Waals surface area contributed by atoms with Crippen LogP contribution in [0.25, 0.3) is 21.9 Å². The standard InChI is InChI=1S/C26H32N4O5/c1-3-5-13-29-24-23(28(12-4-2)22(16-31)27-24)25(33)30(26(29)34)15-20(32)17-35-21-11-10-18-8-6-7-9-19(18)14-21/h6-11,14,20,31-32H,3-5,12-13,15-17H2,1-2H3/t20-/m0/s1. The first kappa shape index (κ1) is 24.7. The molecule has 0 bridgehead atoms. The molecule has 35 heavy (non-hydrogen) atoms. The third kappa shape index (κ3) is 5.01. The number of aliphatic hydroxyl groups is 2. The Morgan fingerprint density at radius 2 is 1.74 bits per heavy atom. The van der Waals surface area contributed by atoms with E-state index < -0.39 is 17.4 Å². The molecule has 0 saturated carbocycles. The molecule has 9 nitrogen and oxygen atoms in total. The van der Waals surface area contributed by atoms with Crippen molar-refractivity contribution >= 4 is 21.9 Å². The number of fused-ring (bicyclic) bond motifs is 2. The third-order valence-electron chi connectivity index (χ3n) is 6.07. The maximum atomic E-state index is 13.4. The summed E-state index contributed by atoms with van der Waals surface area (Å²) in [5.74, 6) is 0.945. The van der Waals surface area contributed by atoms with Gasteiger partial charge >= 0.3 is 5.69 Å². The fourth-order valence-electron chi connectivity index (χ4n) is 4.31. The molecule has 0 amide bonds. The van der Waals surface area contributed by atoms with E-state index in [1.807, 2.05) is 56.3 Å². The van der Waals surface area contributed by atoms with Gasteiger partial charge in [-0.3, -0.25) is 13.9 Å². The minimum atomic E-state index is -1.08. The van der Waals surface area contributed by atoms with Gasteiger partial charge in [-0.05, 0) is 35.7 Å². The molecule has 1 atom stereocenters. The molecule has 4 rings (SSSR count). The van der Waals surface area contributed by atoms with Crippen molar-refractivity contribution in [2.24, 2.45) is 0 Å². The van der Waals surface area contributed by atoms with Crippen molar-refractivity contribution in [1.82, 2.24) is 18.7 Å². The van der Waals surface area contributed by atoms with Crippen molar-refractivity contribution in [3.63, 3.8) is 0 Å². The molecule has 9 heteroatoms. The lowest BCUT2D eigenvalue weighted by Crippen LogP contribution is -2.44. The summed E-state index contributed by atoms with van der Waals surface area (Å²) < 4.78 is 9.98. The number of aromatic nitrogens is 4. The maximum Gasteiger partial charge on any atom is 0.332 e. The van der Waals surface area contributed by atoms with Crippen LogP contribution >= 0.6 is 0 Å². The number of aliphatic hydroxyl groups excluding tert-OH is 2. The highest BCUT2D eigenvalue weighted by atomic mass is 16.5. The van der Waals surface area contributed by atoms with Crippen LogP contribution in [-0.2, 0) is 26.2 Å². The van der Waals surface area contributed by atoms with E-state index in [4.69, 9.17) is 4.74 Å². The number of hydrogen-bond donors (Lipinski definition) is 2. The van der Waals surface area contributed by atoms with Gasteiger partial charge in [-0.2, -0.15) is 0 Å². The molecule has 4 aromatic rings. The smallest absolute Gasteiger partial charge is 0.332 e. The molecule has 186 valence electrons. The van der Waals surface area contributed by atoms with Crippen LogP contribution in [-0.4, -0.2) is 41.6 Å². The molecule has 2 N–H and O–H groups in total. The summed E-state index contributed by atoms with van der Waals surface area (Å²) in [6.45, 7) is 4.24. The average Bonchev–Trinajstić information content (AvgIpc) is 3.23. The van der Waals surface area contributed by atoms with Gasteiger partial charge in [0, 0.05) is 13.1 Å². The molecule has 0 radical (unpaired) electrons. The second-order valence-electron chi connectivity index (χ2n) is 8.69. The molecular weight excluding hydrogens is 448 g/mol. The van der Waals surface area contributed by atoms with Crippen LogP contribution in [0.15, 0.2) is 52.1 Å². The van der Waals surface area contributed by atoms with Crippen LogP contribution in [0.4, 0.5) is 0 Å². The first-order valence-corrected chi connectivity index (χ1v) is 12.1. The lowest BCUT2D eigenvalue weighted by Gasteiger charge is -2.16. The highest BCUT2D eigenvalue weighted by Crippen LogP contribution is 2.20. The van der Waals surface area contributed by atoms with Crippen LogP contribution in [0.5, 0.6) is 5.75 Å². The zero-order chi connectivity index (χ0) is 24.9. The lowest BCUT2D eigenvalue weighted by atomic mass is 10.1. The number of ether oxygens (including phenoxy) is 1. The van der Waals surface area contributed by atoms with Gasteiger partial charge in [0.1, 0.15) is 30.9 Å². The van der Waals surface area contributed by atoms with Gasteiger partial charge in [-0.1, -0.05) is 50.6 Å². The fraction of sp³-hybridized carbons (Fsp3) is 0.423. The third-order valence-corrected chi connectivity index (χ3v) is 6.07. The molecule has 0 aliphatic heterocycles. The van der Waals surface area contributed by atoms with E-state index in [1.165, 1.54) is 4.57 Å². The summed E-state index contributed by atoms with van der Waals surface area (Å²) in [5.41, 5.74) is -0.493. The summed E-state index contributed by atoms with van der Waals surface area (Å²) in [6.07, 6.45) is 1.24. The zero-order valence-corrected chi connectivity index (χ0v) is 20.2. The van der Waals surface area contributed by atoms with Crippen LogP contribution < -0.4 is 16.0 Å². The predicted octanol–water partition coefficient (Wildman–Crippen LogP) is 2.66. The van der Waals surface area contributed by atoms with Crippen LogP contribution in [0.3, 0.4) is 0 Å². The van der Waals surface area contributed by atoms with Crippen molar-refractivity contribution in [3.05, 3.63) is 69.1 Å². The Morgan fingerprint density at radius 1 is 0.971 bits per heavy atom. The molecule has 0 unspecified atom stereocenters. The molecule has 0 aliphatic carbocycles. The molecule has 0 spiro atoms. The van der Waals surface area contributed by atoms with Gasteiger partial charge in [0.2, 0.25) is 0 Å². The number of hydrogen-bond acceptors (Lipinski definition) is 6. The zero-order valence-electron chi connectivity index (χ0n) is 20.2. The van der Waals surface area contributed by atoms with Crippen molar-refractivity contribution in [3.8, 4) is 5.75 Å². The number of aryl methyl sites for hydroxylation is 2. The van der Waals surface area contributed by atoms with Gasteiger partial charge in [-0.25, -0.2) is 9.78 Å². The molecule has 0 aliphatic rings. The van der Waals surface area contributed by atoms with Crippen LogP contribution in [0, 0.1) is 0 Å². The van der Waals surface area contributed by atoms with Crippen LogP contribution in [0.2, 0.25) is 0 Å². The first-order valence-electron chi connectivity index (χ1n) is 12.1. The molecule has 2 heterocycles. The SMILES string of the molecule is CCCCn1c(=O)n(C[C@H](O)COc2ccc3ccccc3c2)c(=O)c2c1nc(CO)n2CCC. The van der Waals surface area contributed by atoms with E-state index in [0.717, 1.165) is 34.6 Å². The predicted molar refractivity (Wildman–Crippen MR) is 135 cm³/mol. The summed E-state index contributed by atoms with van der Waals surface area (Å²) in [6, 6.07) is 13.5. The second kappa shape index (κ2) is 10.9. The second-order valence-corrected chi connectivity index (χ2v) is 8.69. The largest absolute Gasteiger partial charge is 0.491 e. The Bertz CT molecular complexity index is 1440. The van der Waals surface area contributed by atoms with Crippen molar-refractivity contribution in [1.29, 1.82) is 0 Å². The number of benzene rings is 2. The number of nitrogens with zero attached hydrogens (tertiary/aromatic N) is 4. The van der Waals surface area contributed by atoms with E-state index in [1.54, 1.807) is 4.57 Å². The summed E-state index contributed by atoms with van der Waals surface area (Å²) in [5, 5.41) is 22.6. The fourth-order valence-corrected chi connectivity index (χ4v) is 4.31. The average molecular weight is 481 g/mol. The highest BCUT2D eigenvalue weighted by molar-refractivity contribution is 5.83. The number of imidazole rings is 1. The Hall–Kier alpha value is -3.43. The normalized spacial score (nSPS) is 12.5. The topological polar surface area (TPSA) is 112 Å². The quantitative estimate of drug-likeness (QED) is 0.341. The molecule has 0 saturated heterocycles. The van der Waals surface area contributed by atoms with Gasteiger partial charge in [-0.15, -0.1) is 0 Å². The summed E-state index contributed by atoms with van der Waals surface area (Å²) >= 11 is 0. The minimum absolute atomic E-state index is 0.0761. The molecule has 0 fully saturated rings. The molecule has 2 aromatic heterocycles. The van der Waals surface area contributed by atoms with Gasteiger partial charge in [0.05, 0.1) is 6.54 Å². The summed E-state index contributed by atoms with van der Waals surface area (Å²) in [4.78, 5) is 31.1. The number of rotatable bonds is 11.